The SMILES string of the molecule is Cc1ccc(C(C)(O)CNC(=O)Nc2ccc(S(C)=O)cc2)o1. The Morgan fingerprint density at radius 2 is 1.91 bits per heavy atom. The van der Waals surface area contributed by atoms with Gasteiger partial charge in [0, 0.05) is 27.6 Å². The Balaban J connectivity index is 1.90. The predicted molar refractivity (Wildman–Crippen MR) is 88.8 cm³/mol. The van der Waals surface area contributed by atoms with Gasteiger partial charge < -0.3 is 20.2 Å². The fourth-order valence-electron chi connectivity index (χ4n) is 1.97. The third-order valence-corrected chi connectivity index (χ3v) is 4.24. The highest BCUT2D eigenvalue weighted by Gasteiger charge is 2.27. The molecule has 1 aromatic heterocycles. The fraction of sp³-hybridized carbons (Fsp3) is 0.312. The van der Waals surface area contributed by atoms with Crippen LogP contribution in [0.5, 0.6) is 0 Å². The van der Waals surface area contributed by atoms with E-state index in [1.165, 1.54) is 0 Å². The zero-order chi connectivity index (χ0) is 17.0. The number of anilines is 1. The second kappa shape index (κ2) is 6.97. The molecule has 0 bridgehead atoms. The highest BCUT2D eigenvalue weighted by molar-refractivity contribution is 7.84. The molecular weight excluding hydrogens is 316 g/mol. The lowest BCUT2D eigenvalue weighted by Crippen LogP contribution is -2.40. The van der Waals surface area contributed by atoms with Gasteiger partial charge in [-0.25, -0.2) is 4.79 Å². The first-order valence-electron chi connectivity index (χ1n) is 7.05. The molecule has 2 atom stereocenters. The van der Waals surface area contributed by atoms with Crippen LogP contribution in [0.1, 0.15) is 18.4 Å². The molecule has 0 radical (unpaired) electrons. The topological polar surface area (TPSA) is 91.6 Å². The van der Waals surface area contributed by atoms with Crippen molar-refractivity contribution in [2.45, 2.75) is 24.3 Å². The molecule has 3 N–H and O–H groups in total. The van der Waals surface area contributed by atoms with Gasteiger partial charge in [0.2, 0.25) is 0 Å². The van der Waals surface area contributed by atoms with Crippen LogP contribution in [-0.4, -0.2) is 28.1 Å². The summed E-state index contributed by atoms with van der Waals surface area (Å²) in [5.41, 5.74) is -0.723. The molecule has 0 aliphatic carbocycles. The van der Waals surface area contributed by atoms with Gasteiger partial charge in [-0.2, -0.15) is 0 Å². The molecule has 124 valence electrons. The summed E-state index contributed by atoms with van der Waals surface area (Å²) >= 11 is 0. The highest BCUT2D eigenvalue weighted by atomic mass is 32.2. The van der Waals surface area contributed by atoms with Crippen LogP contribution in [0.4, 0.5) is 10.5 Å². The van der Waals surface area contributed by atoms with Gasteiger partial charge in [0.15, 0.2) is 0 Å². The van der Waals surface area contributed by atoms with Gasteiger partial charge >= 0.3 is 6.03 Å². The lowest BCUT2D eigenvalue weighted by molar-refractivity contribution is 0.0364. The first-order chi connectivity index (χ1) is 10.8. The van der Waals surface area contributed by atoms with Gasteiger partial charge in [-0.15, -0.1) is 0 Å². The average molecular weight is 336 g/mol. The van der Waals surface area contributed by atoms with Crippen molar-refractivity contribution in [3.05, 3.63) is 47.9 Å². The summed E-state index contributed by atoms with van der Waals surface area (Å²) in [6.45, 7) is 3.35. The number of furan rings is 1. The number of rotatable bonds is 5. The zero-order valence-electron chi connectivity index (χ0n) is 13.3. The maximum Gasteiger partial charge on any atom is 0.319 e. The summed E-state index contributed by atoms with van der Waals surface area (Å²) in [4.78, 5) is 12.6. The number of hydrogen-bond acceptors (Lipinski definition) is 4. The van der Waals surface area contributed by atoms with Crippen LogP contribution in [0.25, 0.3) is 0 Å². The molecule has 7 heteroatoms. The first kappa shape index (κ1) is 17.2. The standard InChI is InChI=1S/C16H20N2O4S/c1-11-4-9-14(22-11)16(2,20)10-17-15(19)18-12-5-7-13(8-6-12)23(3)21/h4-9,20H,10H2,1-3H3,(H2,17,18,19). The Morgan fingerprint density at radius 3 is 2.43 bits per heavy atom. The Kier molecular flexibility index (Phi) is 5.23. The molecule has 6 nitrogen and oxygen atoms in total. The molecule has 2 rings (SSSR count). The van der Waals surface area contributed by atoms with E-state index in [9.17, 15) is 14.1 Å². The van der Waals surface area contributed by atoms with Crippen molar-refractivity contribution in [1.29, 1.82) is 0 Å². The molecule has 0 saturated heterocycles. The van der Waals surface area contributed by atoms with E-state index in [4.69, 9.17) is 4.42 Å². The van der Waals surface area contributed by atoms with Crippen molar-refractivity contribution < 1.29 is 18.5 Å². The Bertz CT molecular complexity index is 707. The van der Waals surface area contributed by atoms with E-state index in [1.807, 2.05) is 0 Å². The van der Waals surface area contributed by atoms with Crippen molar-refractivity contribution in [3.63, 3.8) is 0 Å². The summed E-state index contributed by atoms with van der Waals surface area (Å²) in [7, 11) is -1.06. The number of nitrogens with one attached hydrogen (secondary N) is 2. The molecule has 0 saturated carbocycles. The second-order valence-corrected chi connectivity index (χ2v) is 6.85. The number of carbonyl (C=O) groups is 1. The fourth-order valence-corrected chi connectivity index (χ4v) is 2.49. The smallest absolute Gasteiger partial charge is 0.319 e. The lowest BCUT2D eigenvalue weighted by Gasteiger charge is -2.21. The Hall–Kier alpha value is -2.12. The van der Waals surface area contributed by atoms with Crippen molar-refractivity contribution >= 4 is 22.5 Å². The van der Waals surface area contributed by atoms with Crippen molar-refractivity contribution in [3.8, 4) is 0 Å². The van der Waals surface area contributed by atoms with Crippen molar-refractivity contribution in [1.82, 2.24) is 5.32 Å². The van der Waals surface area contributed by atoms with E-state index < -0.39 is 22.4 Å². The predicted octanol–water partition coefficient (Wildman–Crippen LogP) is 2.35. The van der Waals surface area contributed by atoms with Crippen molar-refractivity contribution in [2.24, 2.45) is 0 Å². The van der Waals surface area contributed by atoms with Crippen LogP contribution in [0.3, 0.4) is 0 Å². The van der Waals surface area contributed by atoms with E-state index in [-0.39, 0.29) is 6.54 Å². The van der Waals surface area contributed by atoms with Gasteiger partial charge in [-0.3, -0.25) is 4.21 Å². The molecule has 1 aromatic carbocycles. The summed E-state index contributed by atoms with van der Waals surface area (Å²) in [5.74, 6) is 1.09. The molecule has 0 aliphatic heterocycles. The average Bonchev–Trinajstić information content (AvgIpc) is 2.93. The minimum absolute atomic E-state index is 0.00282. The van der Waals surface area contributed by atoms with Crippen LogP contribution >= 0.6 is 0 Å². The maximum atomic E-state index is 11.9. The third-order valence-electron chi connectivity index (χ3n) is 3.31. The summed E-state index contributed by atoms with van der Waals surface area (Å²) < 4.78 is 16.7. The highest BCUT2D eigenvalue weighted by Crippen LogP contribution is 2.22. The number of aryl methyl sites for hydroxylation is 1. The molecule has 23 heavy (non-hydrogen) atoms. The first-order valence-corrected chi connectivity index (χ1v) is 8.61. The lowest BCUT2D eigenvalue weighted by atomic mass is 10.0. The monoisotopic (exact) mass is 336 g/mol. The molecular formula is C16H20N2O4S. The van der Waals surface area contributed by atoms with Gasteiger partial charge in [0.25, 0.3) is 0 Å². The molecule has 2 amide bonds. The second-order valence-electron chi connectivity index (χ2n) is 5.47. The number of carbonyl (C=O) groups excluding carboxylic acids is 1. The minimum Gasteiger partial charge on any atom is -0.463 e. The number of aliphatic hydroxyl groups is 1. The van der Waals surface area contributed by atoms with Crippen LogP contribution in [0.15, 0.2) is 45.7 Å². The molecule has 0 spiro atoms. The maximum absolute atomic E-state index is 11.9. The van der Waals surface area contributed by atoms with E-state index in [1.54, 1.807) is 56.5 Å². The number of benzene rings is 1. The zero-order valence-corrected chi connectivity index (χ0v) is 14.1. The summed E-state index contributed by atoms with van der Waals surface area (Å²) in [6, 6.07) is 9.70. The van der Waals surface area contributed by atoms with Gasteiger partial charge in [-0.05, 0) is 50.2 Å². The van der Waals surface area contributed by atoms with E-state index >= 15 is 0 Å². The number of hydrogen-bond donors (Lipinski definition) is 3. The number of urea groups is 1. The van der Waals surface area contributed by atoms with E-state index in [2.05, 4.69) is 10.6 Å². The van der Waals surface area contributed by atoms with Gasteiger partial charge in [0.05, 0.1) is 6.54 Å². The summed E-state index contributed by atoms with van der Waals surface area (Å²) in [6.07, 6.45) is 1.59. The van der Waals surface area contributed by atoms with E-state index in [0.717, 1.165) is 0 Å². The Labute approximate surface area is 137 Å². The molecule has 2 aromatic rings. The largest absolute Gasteiger partial charge is 0.463 e. The normalized spacial score (nSPS) is 14.8. The molecule has 0 fully saturated rings. The molecule has 1 heterocycles. The van der Waals surface area contributed by atoms with Gasteiger partial charge in [-0.1, -0.05) is 0 Å². The molecule has 0 aliphatic rings. The number of amides is 2. The van der Waals surface area contributed by atoms with Crippen LogP contribution in [-0.2, 0) is 16.4 Å². The van der Waals surface area contributed by atoms with Crippen LogP contribution in [0, 0.1) is 6.92 Å². The van der Waals surface area contributed by atoms with Gasteiger partial charge in [0.1, 0.15) is 17.1 Å². The minimum atomic E-state index is -1.30. The third kappa shape index (κ3) is 4.67. The molecule has 2 unspecified atom stereocenters. The van der Waals surface area contributed by atoms with Crippen molar-refractivity contribution in [2.75, 3.05) is 18.1 Å². The van der Waals surface area contributed by atoms with E-state index in [0.29, 0.717) is 22.1 Å². The van der Waals surface area contributed by atoms with Crippen LogP contribution in [0.2, 0.25) is 0 Å². The summed E-state index contributed by atoms with van der Waals surface area (Å²) in [5, 5.41) is 15.6. The quantitative estimate of drug-likeness (QED) is 0.781. The van der Waals surface area contributed by atoms with Crippen LogP contribution < -0.4 is 10.6 Å². The Morgan fingerprint density at radius 1 is 1.26 bits per heavy atom.